The van der Waals surface area contributed by atoms with Gasteiger partial charge in [0.25, 0.3) is 0 Å². The summed E-state index contributed by atoms with van der Waals surface area (Å²) in [6.07, 6.45) is 4.08. The van der Waals surface area contributed by atoms with Crippen molar-refractivity contribution in [1.82, 2.24) is 4.98 Å². The molecule has 1 atom stereocenters. The van der Waals surface area contributed by atoms with Crippen LogP contribution >= 0.6 is 0 Å². The number of pyridine rings is 1. The number of hydrogen-bond acceptors (Lipinski definition) is 1. The molecule has 0 aliphatic carbocycles. The van der Waals surface area contributed by atoms with Crippen molar-refractivity contribution in [2.75, 3.05) is 0 Å². The van der Waals surface area contributed by atoms with Crippen LogP contribution < -0.4 is 0 Å². The van der Waals surface area contributed by atoms with E-state index in [2.05, 4.69) is 58.0 Å². The Morgan fingerprint density at radius 2 is 1.89 bits per heavy atom. The Morgan fingerprint density at radius 3 is 2.28 bits per heavy atom. The summed E-state index contributed by atoms with van der Waals surface area (Å²) in [7, 11) is 0. The van der Waals surface area contributed by atoms with Gasteiger partial charge in [-0.2, -0.15) is 0 Å². The molecule has 0 bridgehead atoms. The molecule has 0 amide bonds. The zero-order chi connectivity index (χ0) is 13.7. The third kappa shape index (κ3) is 4.14. The van der Waals surface area contributed by atoms with E-state index in [9.17, 15) is 0 Å². The Bertz CT molecular complexity index is 412. The van der Waals surface area contributed by atoms with Gasteiger partial charge in [0, 0.05) is 17.8 Å². The van der Waals surface area contributed by atoms with Crippen LogP contribution in [0.1, 0.15) is 63.6 Å². The lowest BCUT2D eigenvalue weighted by molar-refractivity contribution is 0.680. The molecule has 0 unspecified atom stereocenters. The molecule has 1 heterocycles. The Kier molecular flexibility index (Phi) is 5.33. The molecule has 0 aliphatic heterocycles. The minimum atomic E-state index is 0.350. The molecule has 0 aliphatic rings. The number of aromatic nitrogens is 1. The largest absolute Gasteiger partial charge is 0.260 e. The zero-order valence-electron chi connectivity index (χ0n) is 12.2. The van der Waals surface area contributed by atoms with Crippen LogP contribution in [0.4, 0.5) is 0 Å². The molecular formula is C17H25N. The van der Waals surface area contributed by atoms with Crippen molar-refractivity contribution in [3.8, 4) is 0 Å². The Labute approximate surface area is 112 Å². The highest BCUT2D eigenvalue weighted by Crippen LogP contribution is 2.28. The minimum Gasteiger partial charge on any atom is -0.260 e. The molecule has 1 heteroatoms. The highest BCUT2D eigenvalue weighted by Gasteiger charge is 2.14. The van der Waals surface area contributed by atoms with Gasteiger partial charge in [-0.15, -0.1) is 6.58 Å². The van der Waals surface area contributed by atoms with Crippen molar-refractivity contribution in [3.05, 3.63) is 53.9 Å². The van der Waals surface area contributed by atoms with E-state index in [0.29, 0.717) is 11.8 Å². The normalized spacial score (nSPS) is 12.5. The smallest absolute Gasteiger partial charge is 0.0475 e. The van der Waals surface area contributed by atoms with E-state index >= 15 is 0 Å². The fourth-order valence-electron chi connectivity index (χ4n) is 2.00. The maximum Gasteiger partial charge on any atom is 0.0475 e. The first-order valence-corrected chi connectivity index (χ1v) is 6.67. The van der Waals surface area contributed by atoms with Gasteiger partial charge in [0.15, 0.2) is 0 Å². The molecule has 0 aromatic carbocycles. The second-order valence-electron chi connectivity index (χ2n) is 5.57. The molecule has 98 valence electrons. The van der Waals surface area contributed by atoms with Crippen molar-refractivity contribution < 1.29 is 0 Å². The van der Waals surface area contributed by atoms with E-state index in [1.165, 1.54) is 16.7 Å². The summed E-state index contributed by atoms with van der Waals surface area (Å²) in [6.45, 7) is 16.6. The zero-order valence-corrected chi connectivity index (χ0v) is 12.2. The van der Waals surface area contributed by atoms with Crippen molar-refractivity contribution >= 4 is 0 Å². The summed E-state index contributed by atoms with van der Waals surface area (Å²) in [5, 5.41) is 0. The molecule has 0 N–H and O–H groups in total. The number of hydrogen-bond donors (Lipinski definition) is 0. The lowest BCUT2D eigenvalue weighted by atomic mass is 9.90. The van der Waals surface area contributed by atoms with Crippen molar-refractivity contribution in [2.45, 2.75) is 52.4 Å². The van der Waals surface area contributed by atoms with Gasteiger partial charge in [-0.1, -0.05) is 37.6 Å². The summed E-state index contributed by atoms with van der Waals surface area (Å²) >= 11 is 0. The highest BCUT2D eigenvalue weighted by atomic mass is 14.7. The third-order valence-electron chi connectivity index (χ3n) is 3.29. The average molecular weight is 243 g/mol. The summed E-state index contributed by atoms with van der Waals surface area (Å²) in [5.74, 6) is 0.883. The second-order valence-corrected chi connectivity index (χ2v) is 5.57. The topological polar surface area (TPSA) is 12.9 Å². The Morgan fingerprint density at radius 1 is 1.22 bits per heavy atom. The average Bonchev–Trinajstić information content (AvgIpc) is 2.29. The van der Waals surface area contributed by atoms with Crippen LogP contribution in [0.3, 0.4) is 0 Å². The van der Waals surface area contributed by atoms with Gasteiger partial charge >= 0.3 is 0 Å². The van der Waals surface area contributed by atoms with Gasteiger partial charge in [0.05, 0.1) is 0 Å². The monoisotopic (exact) mass is 243 g/mol. The lowest BCUT2D eigenvalue weighted by Crippen LogP contribution is -2.04. The summed E-state index contributed by atoms with van der Waals surface area (Å²) < 4.78 is 0. The number of rotatable bonds is 6. The standard InChI is InChI=1S/C17H25N/c1-12(2)7-9-16(14(5)6)17-10-8-15(11-18-17)13(3)4/h8,10-11,13,16H,1,5,7,9H2,2-4,6H3/t16-/m0/s1. The molecule has 0 spiro atoms. The number of nitrogens with zero attached hydrogens (tertiary/aromatic N) is 1. The van der Waals surface area contributed by atoms with Gasteiger partial charge in [0.2, 0.25) is 0 Å². The molecule has 0 fully saturated rings. The van der Waals surface area contributed by atoms with Crippen LogP contribution in [0.5, 0.6) is 0 Å². The molecule has 1 aromatic rings. The van der Waals surface area contributed by atoms with Crippen LogP contribution in [0.15, 0.2) is 42.6 Å². The van der Waals surface area contributed by atoms with Crippen molar-refractivity contribution in [3.63, 3.8) is 0 Å². The summed E-state index contributed by atoms with van der Waals surface area (Å²) in [4.78, 5) is 4.61. The van der Waals surface area contributed by atoms with Crippen molar-refractivity contribution in [2.24, 2.45) is 0 Å². The van der Waals surface area contributed by atoms with E-state index in [4.69, 9.17) is 0 Å². The molecular weight excluding hydrogens is 218 g/mol. The maximum absolute atomic E-state index is 4.61. The molecule has 1 aromatic heterocycles. The first kappa shape index (κ1) is 14.7. The van der Waals surface area contributed by atoms with Crippen LogP contribution in [0.2, 0.25) is 0 Å². The fraction of sp³-hybridized carbons (Fsp3) is 0.471. The number of allylic oxidation sites excluding steroid dienone is 2. The quantitative estimate of drug-likeness (QED) is 0.624. The summed E-state index contributed by atoms with van der Waals surface area (Å²) in [6, 6.07) is 4.33. The van der Waals surface area contributed by atoms with Gasteiger partial charge in [-0.05, 0) is 44.2 Å². The first-order valence-electron chi connectivity index (χ1n) is 6.67. The molecule has 0 saturated heterocycles. The third-order valence-corrected chi connectivity index (χ3v) is 3.29. The molecule has 1 nitrogen and oxygen atoms in total. The Hall–Kier alpha value is -1.37. The van der Waals surface area contributed by atoms with E-state index in [0.717, 1.165) is 18.5 Å². The fourth-order valence-corrected chi connectivity index (χ4v) is 2.00. The molecule has 0 radical (unpaired) electrons. The SMILES string of the molecule is C=C(C)CC[C@@H](C(=C)C)c1ccc(C(C)C)cn1. The van der Waals surface area contributed by atoms with Crippen LogP contribution in [-0.4, -0.2) is 4.98 Å². The minimum absolute atomic E-state index is 0.350. The van der Waals surface area contributed by atoms with E-state index < -0.39 is 0 Å². The van der Waals surface area contributed by atoms with E-state index in [-0.39, 0.29) is 0 Å². The van der Waals surface area contributed by atoms with Gasteiger partial charge in [-0.3, -0.25) is 4.98 Å². The highest BCUT2D eigenvalue weighted by molar-refractivity contribution is 5.24. The molecule has 1 rings (SSSR count). The summed E-state index contributed by atoms with van der Waals surface area (Å²) in [5.41, 5.74) is 4.83. The molecule has 0 saturated carbocycles. The predicted octanol–water partition coefficient (Wildman–Crippen LogP) is 5.22. The predicted molar refractivity (Wildman–Crippen MR) is 79.9 cm³/mol. The van der Waals surface area contributed by atoms with E-state index in [1.54, 1.807) is 0 Å². The van der Waals surface area contributed by atoms with Crippen LogP contribution in [0, 0.1) is 0 Å². The first-order chi connectivity index (χ1) is 8.41. The van der Waals surface area contributed by atoms with Crippen LogP contribution in [-0.2, 0) is 0 Å². The lowest BCUT2D eigenvalue weighted by Gasteiger charge is -2.17. The Balaban J connectivity index is 2.85. The van der Waals surface area contributed by atoms with Gasteiger partial charge in [0.1, 0.15) is 0 Å². The van der Waals surface area contributed by atoms with E-state index in [1.807, 2.05) is 6.20 Å². The van der Waals surface area contributed by atoms with Gasteiger partial charge in [-0.25, -0.2) is 0 Å². The molecule has 18 heavy (non-hydrogen) atoms. The van der Waals surface area contributed by atoms with Crippen molar-refractivity contribution in [1.29, 1.82) is 0 Å². The maximum atomic E-state index is 4.61. The van der Waals surface area contributed by atoms with Crippen LogP contribution in [0.25, 0.3) is 0 Å². The van der Waals surface area contributed by atoms with Gasteiger partial charge < -0.3 is 0 Å². The second kappa shape index (κ2) is 6.53.